The Bertz CT molecular complexity index is 420. The first-order chi connectivity index (χ1) is 9.92. The molecule has 3 N–H and O–H groups in total. The van der Waals surface area contributed by atoms with Crippen molar-refractivity contribution in [3.8, 4) is 0 Å². The summed E-state index contributed by atoms with van der Waals surface area (Å²) in [6, 6.07) is 10.6. The first-order valence-electron chi connectivity index (χ1n) is 7.77. The van der Waals surface area contributed by atoms with E-state index in [2.05, 4.69) is 79.8 Å². The van der Waals surface area contributed by atoms with Gasteiger partial charge >= 0.3 is 0 Å². The molecule has 1 aromatic rings. The van der Waals surface area contributed by atoms with E-state index in [0.717, 1.165) is 25.6 Å². The van der Waals surface area contributed by atoms with Crippen LogP contribution >= 0.6 is 0 Å². The van der Waals surface area contributed by atoms with Gasteiger partial charge in [-0.15, -0.1) is 0 Å². The molecular formula is C17H30N4. The van der Waals surface area contributed by atoms with Crippen LogP contribution in [0.25, 0.3) is 0 Å². The summed E-state index contributed by atoms with van der Waals surface area (Å²) in [5, 5.41) is 10.2. The average Bonchev–Trinajstić information content (AvgIpc) is 2.43. The second-order valence-electron chi connectivity index (χ2n) is 6.21. The van der Waals surface area contributed by atoms with Crippen LogP contribution < -0.4 is 16.0 Å². The number of guanidine groups is 1. The van der Waals surface area contributed by atoms with Crippen molar-refractivity contribution in [1.29, 1.82) is 0 Å². The molecule has 4 nitrogen and oxygen atoms in total. The number of hydrogen-bond acceptors (Lipinski definition) is 2. The summed E-state index contributed by atoms with van der Waals surface area (Å²) >= 11 is 0. The fraction of sp³-hybridized carbons (Fsp3) is 0.588. The zero-order chi connectivity index (χ0) is 15.7. The van der Waals surface area contributed by atoms with Gasteiger partial charge in [-0.25, -0.2) is 0 Å². The monoisotopic (exact) mass is 290 g/mol. The maximum absolute atomic E-state index is 4.61. The lowest BCUT2D eigenvalue weighted by atomic mass is 10.1. The molecule has 0 saturated heterocycles. The minimum atomic E-state index is 0.138. The van der Waals surface area contributed by atoms with E-state index in [1.165, 1.54) is 5.56 Å². The van der Waals surface area contributed by atoms with Crippen LogP contribution in [0, 0.1) is 0 Å². The van der Waals surface area contributed by atoms with Crippen molar-refractivity contribution in [2.45, 2.75) is 46.2 Å². The van der Waals surface area contributed by atoms with Crippen LogP contribution in [0.1, 0.15) is 46.2 Å². The third-order valence-electron chi connectivity index (χ3n) is 3.03. The molecule has 118 valence electrons. The van der Waals surface area contributed by atoms with Gasteiger partial charge < -0.3 is 16.0 Å². The van der Waals surface area contributed by atoms with Crippen molar-refractivity contribution in [2.24, 2.45) is 4.99 Å². The van der Waals surface area contributed by atoms with Crippen molar-refractivity contribution in [2.75, 3.05) is 19.6 Å². The van der Waals surface area contributed by atoms with E-state index in [4.69, 9.17) is 0 Å². The number of aliphatic imine (C=N–C) groups is 1. The lowest BCUT2D eigenvalue weighted by Gasteiger charge is -2.21. The zero-order valence-corrected chi connectivity index (χ0v) is 14.0. The highest BCUT2D eigenvalue weighted by Crippen LogP contribution is 2.10. The second kappa shape index (κ2) is 8.67. The molecule has 1 rings (SSSR count). The molecule has 0 fully saturated rings. The fourth-order valence-corrected chi connectivity index (χ4v) is 1.95. The van der Waals surface area contributed by atoms with Gasteiger partial charge in [0.2, 0.25) is 0 Å². The summed E-state index contributed by atoms with van der Waals surface area (Å²) in [6.07, 6.45) is 0. The highest BCUT2D eigenvalue weighted by molar-refractivity contribution is 5.80. The Kier molecular flexibility index (Phi) is 7.23. The number of hydrogen-bond donors (Lipinski definition) is 3. The van der Waals surface area contributed by atoms with E-state index in [1.807, 2.05) is 6.07 Å². The summed E-state index contributed by atoms with van der Waals surface area (Å²) in [5.41, 5.74) is 1.40. The quantitative estimate of drug-likeness (QED) is 0.429. The van der Waals surface area contributed by atoms with Gasteiger partial charge in [0.05, 0.1) is 12.6 Å². The van der Waals surface area contributed by atoms with Crippen LogP contribution in [0.3, 0.4) is 0 Å². The van der Waals surface area contributed by atoms with E-state index < -0.39 is 0 Å². The van der Waals surface area contributed by atoms with Crippen molar-refractivity contribution in [1.82, 2.24) is 16.0 Å². The van der Waals surface area contributed by atoms with Gasteiger partial charge in [0.1, 0.15) is 0 Å². The maximum Gasteiger partial charge on any atom is 0.191 e. The van der Waals surface area contributed by atoms with E-state index in [0.29, 0.717) is 0 Å². The largest absolute Gasteiger partial charge is 0.357 e. The van der Waals surface area contributed by atoms with Gasteiger partial charge in [-0.1, -0.05) is 30.3 Å². The van der Waals surface area contributed by atoms with Crippen molar-refractivity contribution in [3.05, 3.63) is 35.9 Å². The molecule has 0 aliphatic heterocycles. The number of benzene rings is 1. The highest BCUT2D eigenvalue weighted by atomic mass is 15.2. The fourth-order valence-electron chi connectivity index (χ4n) is 1.95. The van der Waals surface area contributed by atoms with Gasteiger partial charge in [0, 0.05) is 18.6 Å². The molecule has 0 amide bonds. The third-order valence-corrected chi connectivity index (χ3v) is 3.03. The van der Waals surface area contributed by atoms with Crippen LogP contribution in [-0.2, 0) is 0 Å². The molecule has 21 heavy (non-hydrogen) atoms. The Morgan fingerprint density at radius 3 is 2.43 bits per heavy atom. The van der Waals surface area contributed by atoms with Gasteiger partial charge in [-0.3, -0.25) is 4.99 Å². The number of nitrogens with one attached hydrogen (secondary N) is 3. The molecule has 1 atom stereocenters. The molecular weight excluding hydrogens is 260 g/mol. The van der Waals surface area contributed by atoms with Crippen molar-refractivity contribution >= 4 is 5.96 Å². The smallest absolute Gasteiger partial charge is 0.191 e. The standard InChI is InChI=1S/C17H30N4/c1-6-18-16(19-12-13-20-17(3,4)5)21-14(2)15-10-8-7-9-11-15/h7-11,14,20H,6,12-13H2,1-5H3,(H2,18,19,21). The first-order valence-corrected chi connectivity index (χ1v) is 7.77. The molecule has 0 aromatic heterocycles. The topological polar surface area (TPSA) is 48.5 Å². The van der Waals surface area contributed by atoms with Gasteiger partial charge in [0.25, 0.3) is 0 Å². The first kappa shape index (κ1) is 17.5. The molecule has 0 aliphatic rings. The van der Waals surface area contributed by atoms with Gasteiger partial charge in [-0.05, 0) is 40.2 Å². The van der Waals surface area contributed by atoms with Crippen molar-refractivity contribution < 1.29 is 0 Å². The summed E-state index contributed by atoms with van der Waals surface area (Å²) < 4.78 is 0. The predicted molar refractivity (Wildman–Crippen MR) is 91.7 cm³/mol. The predicted octanol–water partition coefficient (Wildman–Crippen LogP) is 2.69. The number of nitrogens with zero attached hydrogens (tertiary/aromatic N) is 1. The third kappa shape index (κ3) is 7.71. The van der Waals surface area contributed by atoms with Gasteiger partial charge in [-0.2, -0.15) is 0 Å². The van der Waals surface area contributed by atoms with Crippen LogP contribution in [0.2, 0.25) is 0 Å². The van der Waals surface area contributed by atoms with E-state index in [-0.39, 0.29) is 11.6 Å². The molecule has 0 spiro atoms. The Balaban J connectivity index is 2.52. The normalized spacial score (nSPS) is 13.9. The van der Waals surface area contributed by atoms with Crippen LogP contribution in [0.5, 0.6) is 0 Å². The molecule has 1 unspecified atom stereocenters. The van der Waals surface area contributed by atoms with E-state index >= 15 is 0 Å². The molecule has 4 heteroatoms. The Morgan fingerprint density at radius 1 is 1.19 bits per heavy atom. The van der Waals surface area contributed by atoms with Crippen LogP contribution in [-0.4, -0.2) is 31.1 Å². The van der Waals surface area contributed by atoms with Gasteiger partial charge in [0.15, 0.2) is 5.96 Å². The molecule has 0 bridgehead atoms. The average molecular weight is 290 g/mol. The molecule has 0 heterocycles. The maximum atomic E-state index is 4.61. The molecule has 0 saturated carbocycles. The zero-order valence-electron chi connectivity index (χ0n) is 14.0. The summed E-state index contributed by atoms with van der Waals surface area (Å²) in [7, 11) is 0. The molecule has 1 aromatic carbocycles. The van der Waals surface area contributed by atoms with Crippen LogP contribution in [0.15, 0.2) is 35.3 Å². The summed E-state index contributed by atoms with van der Waals surface area (Å²) in [6.45, 7) is 13.2. The Morgan fingerprint density at radius 2 is 1.86 bits per heavy atom. The summed E-state index contributed by atoms with van der Waals surface area (Å²) in [5.74, 6) is 0.865. The van der Waals surface area contributed by atoms with Crippen molar-refractivity contribution in [3.63, 3.8) is 0 Å². The van der Waals surface area contributed by atoms with E-state index in [1.54, 1.807) is 0 Å². The molecule has 0 radical (unpaired) electrons. The SMILES string of the molecule is CCNC(=NCCNC(C)(C)C)NC(C)c1ccccc1. The minimum Gasteiger partial charge on any atom is -0.357 e. The Labute approximate surface area is 129 Å². The second-order valence-corrected chi connectivity index (χ2v) is 6.21. The van der Waals surface area contributed by atoms with E-state index in [9.17, 15) is 0 Å². The molecule has 0 aliphatic carbocycles. The highest BCUT2D eigenvalue weighted by Gasteiger charge is 2.08. The Hall–Kier alpha value is -1.55. The lowest BCUT2D eigenvalue weighted by Crippen LogP contribution is -2.40. The van der Waals surface area contributed by atoms with Crippen LogP contribution in [0.4, 0.5) is 0 Å². The summed E-state index contributed by atoms with van der Waals surface area (Å²) in [4.78, 5) is 4.61. The minimum absolute atomic E-state index is 0.138. The number of rotatable bonds is 6. The lowest BCUT2D eigenvalue weighted by molar-refractivity contribution is 0.432.